The first-order valence-corrected chi connectivity index (χ1v) is 12.0. The molecule has 0 aliphatic heterocycles. The second kappa shape index (κ2) is 11.1. The highest BCUT2D eigenvalue weighted by atomic mass is 32.2. The lowest BCUT2D eigenvalue weighted by Crippen LogP contribution is -2.34. The molecule has 0 radical (unpaired) electrons. The number of likely N-dealkylation sites (N-methyl/N-ethyl adjacent to an activating group) is 1. The van der Waals surface area contributed by atoms with E-state index in [2.05, 4.69) is 5.32 Å². The number of anilines is 1. The summed E-state index contributed by atoms with van der Waals surface area (Å²) in [6.45, 7) is -1.18. The van der Waals surface area contributed by atoms with Crippen LogP contribution in [0.25, 0.3) is 0 Å². The summed E-state index contributed by atoms with van der Waals surface area (Å²) in [4.78, 5) is 26.0. The average Bonchev–Trinajstić information content (AvgIpc) is 2.80. The molecule has 0 fully saturated rings. The van der Waals surface area contributed by atoms with Gasteiger partial charge >= 0.3 is 5.97 Å². The number of amides is 1. The number of benzene rings is 3. The molecule has 7 nitrogen and oxygen atoms in total. The van der Waals surface area contributed by atoms with Crippen LogP contribution in [0, 0.1) is 5.82 Å². The highest BCUT2D eigenvalue weighted by Gasteiger charge is 2.24. The van der Waals surface area contributed by atoms with E-state index >= 15 is 0 Å². The van der Waals surface area contributed by atoms with E-state index in [1.165, 1.54) is 18.8 Å². The summed E-state index contributed by atoms with van der Waals surface area (Å²) < 4.78 is 43.7. The lowest BCUT2D eigenvalue weighted by molar-refractivity contribution is -0.147. The summed E-state index contributed by atoms with van der Waals surface area (Å²) in [5, 5.41) is 2.70. The number of ether oxygens (including phenoxy) is 1. The SMILES string of the molecule is CN(CC(=O)OCC(=O)Nc1ccccc1Sc1ccccc1)S(=O)(=O)c1ccc(F)cc1. The Morgan fingerprint density at radius 1 is 0.970 bits per heavy atom. The maximum Gasteiger partial charge on any atom is 0.321 e. The van der Waals surface area contributed by atoms with E-state index in [0.29, 0.717) is 5.69 Å². The number of carbonyl (C=O) groups is 2. The molecule has 0 spiro atoms. The van der Waals surface area contributed by atoms with Crippen molar-refractivity contribution in [3.8, 4) is 0 Å². The Kier molecular flexibility index (Phi) is 8.21. The van der Waals surface area contributed by atoms with Crippen molar-refractivity contribution in [1.29, 1.82) is 0 Å². The van der Waals surface area contributed by atoms with Crippen LogP contribution in [-0.4, -0.2) is 44.8 Å². The fraction of sp³-hybridized carbons (Fsp3) is 0.130. The van der Waals surface area contributed by atoms with E-state index in [9.17, 15) is 22.4 Å². The summed E-state index contributed by atoms with van der Waals surface area (Å²) in [5.74, 6) is -2.04. The third kappa shape index (κ3) is 6.88. The monoisotopic (exact) mass is 488 g/mol. The predicted molar refractivity (Wildman–Crippen MR) is 123 cm³/mol. The number of carbonyl (C=O) groups excluding carboxylic acids is 2. The van der Waals surface area contributed by atoms with Gasteiger partial charge in [0, 0.05) is 16.8 Å². The largest absolute Gasteiger partial charge is 0.455 e. The Bertz CT molecular complexity index is 1220. The van der Waals surface area contributed by atoms with Crippen LogP contribution in [0.5, 0.6) is 0 Å². The second-order valence-corrected chi connectivity index (χ2v) is 10.00. The minimum absolute atomic E-state index is 0.163. The van der Waals surface area contributed by atoms with Gasteiger partial charge in [-0.25, -0.2) is 12.8 Å². The number of nitrogens with zero attached hydrogens (tertiary/aromatic N) is 1. The van der Waals surface area contributed by atoms with Gasteiger partial charge in [-0.1, -0.05) is 42.1 Å². The third-order valence-corrected chi connectivity index (χ3v) is 7.27. The Balaban J connectivity index is 1.54. The first-order valence-electron chi connectivity index (χ1n) is 9.75. The van der Waals surface area contributed by atoms with Crippen molar-refractivity contribution in [1.82, 2.24) is 4.31 Å². The van der Waals surface area contributed by atoms with Gasteiger partial charge < -0.3 is 10.1 Å². The van der Waals surface area contributed by atoms with Crippen LogP contribution in [-0.2, 0) is 24.3 Å². The van der Waals surface area contributed by atoms with E-state index in [1.54, 1.807) is 12.1 Å². The van der Waals surface area contributed by atoms with Gasteiger partial charge in [0.25, 0.3) is 5.91 Å². The quantitative estimate of drug-likeness (QED) is 0.461. The smallest absolute Gasteiger partial charge is 0.321 e. The first kappa shape index (κ1) is 24.4. The van der Waals surface area contributed by atoms with Gasteiger partial charge in [0.1, 0.15) is 12.4 Å². The van der Waals surface area contributed by atoms with Crippen LogP contribution in [0.1, 0.15) is 0 Å². The van der Waals surface area contributed by atoms with Crippen LogP contribution < -0.4 is 5.32 Å². The molecule has 0 atom stereocenters. The average molecular weight is 489 g/mol. The number of rotatable bonds is 9. The Morgan fingerprint density at radius 3 is 2.30 bits per heavy atom. The van der Waals surface area contributed by atoms with Crippen molar-refractivity contribution < 1.29 is 27.1 Å². The van der Waals surface area contributed by atoms with Crippen molar-refractivity contribution in [2.45, 2.75) is 14.7 Å². The van der Waals surface area contributed by atoms with Crippen LogP contribution in [0.4, 0.5) is 10.1 Å². The van der Waals surface area contributed by atoms with Crippen molar-refractivity contribution >= 4 is 39.3 Å². The molecule has 0 aliphatic carbocycles. The first-order chi connectivity index (χ1) is 15.8. The number of hydrogen-bond acceptors (Lipinski definition) is 6. The predicted octanol–water partition coefficient (Wildman–Crippen LogP) is 3.78. The minimum atomic E-state index is -4.01. The number of nitrogens with one attached hydrogen (secondary N) is 1. The molecular formula is C23H21FN2O5S2. The van der Waals surface area contributed by atoms with Gasteiger partial charge in [-0.2, -0.15) is 4.31 Å². The standard InChI is InChI=1S/C23H21FN2O5S2/c1-26(33(29,30)19-13-11-17(24)12-14-19)15-23(28)31-16-22(27)25-20-9-5-6-10-21(20)32-18-7-3-2-4-8-18/h2-14H,15-16H2,1H3,(H,25,27). The van der Waals surface area contributed by atoms with Crippen LogP contribution >= 0.6 is 11.8 Å². The molecule has 0 unspecified atom stereocenters. The number of sulfonamides is 1. The van der Waals surface area contributed by atoms with E-state index < -0.39 is 40.9 Å². The lowest BCUT2D eigenvalue weighted by atomic mass is 10.3. The van der Waals surface area contributed by atoms with Crippen molar-refractivity contribution in [3.63, 3.8) is 0 Å². The molecule has 0 heterocycles. The summed E-state index contributed by atoms with van der Waals surface area (Å²) in [6, 6.07) is 21.1. The maximum absolute atomic E-state index is 13.0. The summed E-state index contributed by atoms with van der Waals surface area (Å²) >= 11 is 1.47. The number of hydrogen-bond donors (Lipinski definition) is 1. The number of para-hydroxylation sites is 1. The zero-order chi connectivity index (χ0) is 23.8. The third-order valence-electron chi connectivity index (χ3n) is 4.37. The van der Waals surface area contributed by atoms with Gasteiger partial charge in [-0.3, -0.25) is 9.59 Å². The molecule has 0 bridgehead atoms. The van der Waals surface area contributed by atoms with Gasteiger partial charge in [-0.15, -0.1) is 0 Å². The number of esters is 1. The lowest BCUT2D eigenvalue weighted by Gasteiger charge is -2.16. The van der Waals surface area contributed by atoms with Gasteiger partial charge in [0.05, 0.1) is 10.6 Å². The Morgan fingerprint density at radius 2 is 1.61 bits per heavy atom. The van der Waals surface area contributed by atoms with Gasteiger partial charge in [-0.05, 0) is 48.5 Å². The van der Waals surface area contributed by atoms with Gasteiger partial charge in [0.2, 0.25) is 10.0 Å². The molecule has 3 aromatic rings. The zero-order valence-electron chi connectivity index (χ0n) is 17.6. The number of halogens is 1. The normalized spacial score (nSPS) is 11.2. The summed E-state index contributed by atoms with van der Waals surface area (Å²) in [7, 11) is -2.82. The van der Waals surface area contributed by atoms with Gasteiger partial charge in [0.15, 0.2) is 6.61 Å². The summed E-state index contributed by atoms with van der Waals surface area (Å²) in [5.41, 5.74) is 0.559. The molecule has 33 heavy (non-hydrogen) atoms. The zero-order valence-corrected chi connectivity index (χ0v) is 19.2. The van der Waals surface area contributed by atoms with Crippen LogP contribution in [0.3, 0.4) is 0 Å². The molecule has 0 aliphatic rings. The molecule has 3 rings (SSSR count). The van der Waals surface area contributed by atoms with E-state index in [1.807, 2.05) is 42.5 Å². The van der Waals surface area contributed by atoms with E-state index in [4.69, 9.17) is 4.74 Å². The van der Waals surface area contributed by atoms with Crippen molar-refractivity contribution in [2.24, 2.45) is 0 Å². The highest BCUT2D eigenvalue weighted by molar-refractivity contribution is 7.99. The molecular weight excluding hydrogens is 467 g/mol. The van der Waals surface area contributed by atoms with Crippen molar-refractivity contribution in [3.05, 3.63) is 84.7 Å². The Hall–Kier alpha value is -3.21. The molecule has 0 saturated heterocycles. The Labute approximate surface area is 195 Å². The second-order valence-electron chi connectivity index (χ2n) is 6.84. The fourth-order valence-corrected chi connectivity index (χ4v) is 4.74. The molecule has 1 N–H and O–H groups in total. The molecule has 10 heteroatoms. The molecule has 3 aromatic carbocycles. The molecule has 172 valence electrons. The van der Waals surface area contributed by atoms with E-state index in [0.717, 1.165) is 38.4 Å². The molecule has 0 aromatic heterocycles. The van der Waals surface area contributed by atoms with Crippen LogP contribution in [0.2, 0.25) is 0 Å². The van der Waals surface area contributed by atoms with Crippen molar-refractivity contribution in [2.75, 3.05) is 25.5 Å². The van der Waals surface area contributed by atoms with E-state index in [-0.39, 0.29) is 4.90 Å². The fourth-order valence-electron chi connectivity index (χ4n) is 2.71. The molecule has 0 saturated carbocycles. The molecule has 1 amide bonds. The summed E-state index contributed by atoms with van der Waals surface area (Å²) in [6.07, 6.45) is 0. The topological polar surface area (TPSA) is 92.8 Å². The van der Waals surface area contributed by atoms with Crippen LogP contribution in [0.15, 0.2) is 93.5 Å². The highest BCUT2D eigenvalue weighted by Crippen LogP contribution is 2.33. The maximum atomic E-state index is 13.0. The minimum Gasteiger partial charge on any atom is -0.455 e.